The lowest BCUT2D eigenvalue weighted by atomic mass is 9.81. The van der Waals surface area contributed by atoms with Gasteiger partial charge in [-0.1, -0.05) is 6.42 Å². The topological polar surface area (TPSA) is 100 Å². The number of aryl methyl sites for hydroxylation is 1. The zero-order chi connectivity index (χ0) is 32.4. The molecule has 12 heteroatoms. The number of carbonyl (C=O) groups is 1. The van der Waals surface area contributed by atoms with E-state index in [4.69, 9.17) is 14.7 Å². The Kier molecular flexibility index (Phi) is 7.61. The normalized spacial score (nSPS) is 28.4. The minimum absolute atomic E-state index is 0.0569. The third-order valence-electron chi connectivity index (χ3n) is 11.3. The van der Waals surface area contributed by atoms with Gasteiger partial charge in [-0.3, -0.25) is 19.8 Å². The summed E-state index contributed by atoms with van der Waals surface area (Å²) in [6.07, 6.45) is 6.78. The van der Waals surface area contributed by atoms with Crippen molar-refractivity contribution in [1.82, 2.24) is 34.9 Å². The molecule has 4 aromatic rings. The standard InChI is InChI=1S/C35H40F3N7O2/c1-19-12-27-24(16-40-43-27)28-23(19)8-4-9-26(37)33(46)44(2)22-7-3-6-20(13-22)30-25-15-39-32(28)29(38)31(25)42-34(41-30)47-18-35-10-5-11-45(35)17-21(36)14-35/h12,15-16,20-22,26H,3-11,13-14,17-18H2,1-2H3,(H,40,43)/t20?,21-,22-,26?,35+/m1/s1. The van der Waals surface area contributed by atoms with Crippen LogP contribution in [0.5, 0.6) is 6.01 Å². The number of alkyl halides is 2. The lowest BCUT2D eigenvalue weighted by Gasteiger charge is -2.36. The summed E-state index contributed by atoms with van der Waals surface area (Å²) in [5, 5.41) is 8.42. The van der Waals surface area contributed by atoms with Crippen LogP contribution < -0.4 is 4.74 Å². The number of fused-ring (bicyclic) bond motifs is 8. The monoisotopic (exact) mass is 647 g/mol. The molecule has 1 amide bonds. The first-order valence-electron chi connectivity index (χ1n) is 17.0. The van der Waals surface area contributed by atoms with Crippen LogP contribution in [0.3, 0.4) is 0 Å². The summed E-state index contributed by atoms with van der Waals surface area (Å²) in [7, 11) is 1.69. The van der Waals surface area contributed by atoms with Gasteiger partial charge in [-0.25, -0.2) is 13.2 Å². The SMILES string of the molecule is Cc1cc2[nH]ncc2c2c1CCCC(F)C(=O)N(C)[C@@H]1CCCC(C1)c1nc(OC[C@@]34CCCN3C[C@H](F)C4)nc3c(F)c-2ncc13. The zero-order valence-electron chi connectivity index (χ0n) is 26.9. The number of pyridine rings is 1. The van der Waals surface area contributed by atoms with E-state index >= 15 is 8.78 Å². The largest absolute Gasteiger partial charge is 0.461 e. The highest BCUT2D eigenvalue weighted by molar-refractivity contribution is 5.98. The summed E-state index contributed by atoms with van der Waals surface area (Å²) in [5.74, 6) is -1.22. The Bertz CT molecular complexity index is 1870. The van der Waals surface area contributed by atoms with Crippen molar-refractivity contribution in [3.63, 3.8) is 0 Å². The molecule has 47 heavy (non-hydrogen) atoms. The third kappa shape index (κ3) is 5.14. The molecule has 248 valence electrons. The smallest absolute Gasteiger partial charge is 0.317 e. The molecule has 3 fully saturated rings. The fourth-order valence-corrected chi connectivity index (χ4v) is 8.86. The molecular weight excluding hydrogens is 607 g/mol. The van der Waals surface area contributed by atoms with Gasteiger partial charge in [0, 0.05) is 54.5 Å². The lowest BCUT2D eigenvalue weighted by molar-refractivity contribution is -0.138. The van der Waals surface area contributed by atoms with Crippen molar-refractivity contribution >= 4 is 27.7 Å². The number of aromatic amines is 1. The molecule has 0 radical (unpaired) electrons. The van der Waals surface area contributed by atoms with E-state index in [9.17, 15) is 9.18 Å². The molecule has 3 aromatic heterocycles. The number of aromatic nitrogens is 5. The molecule has 1 N–H and O–H groups in total. The number of nitrogens with zero attached hydrogens (tertiary/aromatic N) is 6. The number of amides is 1. The molecule has 7 heterocycles. The second-order valence-corrected chi connectivity index (χ2v) is 14.1. The van der Waals surface area contributed by atoms with E-state index in [2.05, 4.69) is 20.1 Å². The van der Waals surface area contributed by atoms with Crippen molar-refractivity contribution < 1.29 is 22.7 Å². The molecule has 1 aromatic carbocycles. The quantitative estimate of drug-likeness (QED) is 0.286. The predicted octanol–water partition coefficient (Wildman–Crippen LogP) is 6.13. The minimum atomic E-state index is -1.62. The predicted molar refractivity (Wildman–Crippen MR) is 171 cm³/mol. The van der Waals surface area contributed by atoms with Gasteiger partial charge in [0.1, 0.15) is 24.0 Å². The summed E-state index contributed by atoms with van der Waals surface area (Å²) in [6, 6.07) is 1.83. The second kappa shape index (κ2) is 11.7. The Labute approximate surface area is 271 Å². The van der Waals surface area contributed by atoms with Gasteiger partial charge in [0.2, 0.25) is 0 Å². The summed E-state index contributed by atoms with van der Waals surface area (Å²) in [6.45, 7) is 3.38. The number of benzene rings is 1. The number of halogens is 3. The maximum absolute atomic E-state index is 17.1. The highest BCUT2D eigenvalue weighted by Gasteiger charge is 2.49. The first-order valence-corrected chi connectivity index (χ1v) is 17.0. The van der Waals surface area contributed by atoms with Crippen LogP contribution in [-0.2, 0) is 11.2 Å². The molecule has 9 nitrogen and oxygen atoms in total. The maximum Gasteiger partial charge on any atom is 0.317 e. The van der Waals surface area contributed by atoms with Crippen LogP contribution in [-0.4, -0.2) is 91.5 Å². The number of ether oxygens (including phenoxy) is 1. The van der Waals surface area contributed by atoms with Crippen molar-refractivity contribution in [3.05, 3.63) is 41.1 Å². The Morgan fingerprint density at radius 2 is 1.98 bits per heavy atom. The number of hydrogen-bond acceptors (Lipinski definition) is 7. The lowest BCUT2D eigenvalue weighted by Crippen LogP contribution is -2.44. The first kappa shape index (κ1) is 30.5. The van der Waals surface area contributed by atoms with Crippen molar-refractivity contribution in [1.29, 1.82) is 0 Å². The van der Waals surface area contributed by atoms with E-state index in [-0.39, 0.29) is 42.2 Å². The van der Waals surface area contributed by atoms with Gasteiger partial charge in [0.05, 0.1) is 22.9 Å². The van der Waals surface area contributed by atoms with Gasteiger partial charge < -0.3 is 9.64 Å². The Morgan fingerprint density at radius 3 is 2.85 bits per heavy atom. The van der Waals surface area contributed by atoms with E-state index in [1.165, 1.54) is 0 Å². The molecule has 6 bridgehead atoms. The summed E-state index contributed by atoms with van der Waals surface area (Å²) in [4.78, 5) is 31.3. The number of hydrogen-bond donors (Lipinski definition) is 1. The third-order valence-corrected chi connectivity index (χ3v) is 11.3. The molecule has 0 spiro atoms. The van der Waals surface area contributed by atoms with Gasteiger partial charge in [-0.05, 0) is 82.0 Å². The number of rotatable bonds is 3. The van der Waals surface area contributed by atoms with Gasteiger partial charge in [0.15, 0.2) is 12.0 Å². The average molecular weight is 648 g/mol. The Balaban J connectivity index is 1.30. The van der Waals surface area contributed by atoms with E-state index in [0.717, 1.165) is 55.3 Å². The van der Waals surface area contributed by atoms with Gasteiger partial charge >= 0.3 is 6.01 Å². The van der Waals surface area contributed by atoms with E-state index in [1.807, 2.05) is 13.0 Å². The second-order valence-electron chi connectivity index (χ2n) is 14.1. The average Bonchev–Trinajstić information content (AvgIpc) is 3.77. The van der Waals surface area contributed by atoms with Gasteiger partial charge in [-0.15, -0.1) is 0 Å². The molecule has 1 saturated carbocycles. The number of carbonyl (C=O) groups excluding carboxylic acids is 1. The highest BCUT2D eigenvalue weighted by Crippen LogP contribution is 2.43. The Hall–Kier alpha value is -3.80. The van der Waals surface area contributed by atoms with Crippen LogP contribution >= 0.6 is 0 Å². The van der Waals surface area contributed by atoms with Crippen LogP contribution in [0.1, 0.15) is 80.5 Å². The van der Waals surface area contributed by atoms with Crippen LogP contribution in [0.25, 0.3) is 33.1 Å². The molecule has 4 aliphatic heterocycles. The fourth-order valence-electron chi connectivity index (χ4n) is 8.86. The van der Waals surface area contributed by atoms with Crippen LogP contribution in [0.2, 0.25) is 0 Å². The van der Waals surface area contributed by atoms with Crippen LogP contribution in [0.15, 0.2) is 18.5 Å². The molecule has 9 rings (SSSR count). The molecule has 5 aliphatic rings. The molecule has 5 atom stereocenters. The van der Waals surface area contributed by atoms with Crippen molar-refractivity contribution in [2.45, 2.75) is 101 Å². The van der Waals surface area contributed by atoms with Crippen LogP contribution in [0, 0.1) is 12.7 Å². The molecular formula is C35H40F3N7O2. The zero-order valence-corrected chi connectivity index (χ0v) is 26.9. The van der Waals surface area contributed by atoms with E-state index < -0.39 is 29.6 Å². The molecule has 2 saturated heterocycles. The molecule has 1 aliphatic carbocycles. The summed E-state index contributed by atoms with van der Waals surface area (Å²) < 4.78 is 53.4. The Morgan fingerprint density at radius 1 is 1.11 bits per heavy atom. The van der Waals surface area contributed by atoms with E-state index in [1.54, 1.807) is 24.3 Å². The van der Waals surface area contributed by atoms with E-state index in [0.29, 0.717) is 54.3 Å². The molecule has 2 unspecified atom stereocenters. The van der Waals surface area contributed by atoms with Gasteiger partial charge in [-0.2, -0.15) is 15.1 Å². The first-order chi connectivity index (χ1) is 22.7. The van der Waals surface area contributed by atoms with Crippen molar-refractivity contribution in [3.8, 4) is 17.3 Å². The van der Waals surface area contributed by atoms with Gasteiger partial charge in [0.25, 0.3) is 5.91 Å². The van der Waals surface area contributed by atoms with Crippen molar-refractivity contribution in [2.75, 3.05) is 26.7 Å². The maximum atomic E-state index is 17.1. The number of H-pyrrole nitrogens is 1. The number of nitrogens with one attached hydrogen (secondary N) is 1. The van der Waals surface area contributed by atoms with Crippen molar-refractivity contribution in [2.24, 2.45) is 0 Å². The summed E-state index contributed by atoms with van der Waals surface area (Å²) >= 11 is 0. The van der Waals surface area contributed by atoms with Crippen LogP contribution in [0.4, 0.5) is 13.2 Å². The minimum Gasteiger partial charge on any atom is -0.461 e. The highest BCUT2D eigenvalue weighted by atomic mass is 19.1. The fraction of sp³-hybridized carbons (Fsp3) is 0.571. The summed E-state index contributed by atoms with van der Waals surface area (Å²) in [5.41, 5.74) is 3.50.